The molecule has 0 bridgehead atoms. The summed E-state index contributed by atoms with van der Waals surface area (Å²) in [4.78, 5) is 19.4. The fourth-order valence-corrected chi connectivity index (χ4v) is 5.65. The lowest BCUT2D eigenvalue weighted by Crippen LogP contribution is -2.28. The predicted molar refractivity (Wildman–Crippen MR) is 164 cm³/mol. The van der Waals surface area contributed by atoms with Crippen molar-refractivity contribution in [3.8, 4) is 11.5 Å². The molecule has 2 aromatic heterocycles. The number of fused-ring (bicyclic) bond motifs is 3. The number of carbonyl (C=O) groups is 1. The van der Waals surface area contributed by atoms with Crippen molar-refractivity contribution in [2.75, 3.05) is 33.6 Å². The molecule has 0 saturated carbocycles. The predicted octanol–water partition coefficient (Wildman–Crippen LogP) is 6.01. The van der Waals surface area contributed by atoms with Crippen LogP contribution in [0.15, 0.2) is 78.0 Å². The van der Waals surface area contributed by atoms with E-state index in [1.54, 1.807) is 30.9 Å². The van der Waals surface area contributed by atoms with Gasteiger partial charge in [0.25, 0.3) is 0 Å². The van der Waals surface area contributed by atoms with Crippen molar-refractivity contribution in [2.45, 2.75) is 37.4 Å². The van der Waals surface area contributed by atoms with E-state index in [2.05, 4.69) is 51.2 Å². The van der Waals surface area contributed by atoms with E-state index in [-0.39, 0.29) is 5.91 Å². The average Bonchev–Trinajstić information content (AvgIpc) is 3.32. The van der Waals surface area contributed by atoms with Gasteiger partial charge in [0.2, 0.25) is 11.1 Å². The van der Waals surface area contributed by atoms with Crippen LogP contribution in [0.25, 0.3) is 22.1 Å². The van der Waals surface area contributed by atoms with Gasteiger partial charge in [0.1, 0.15) is 5.52 Å². The minimum absolute atomic E-state index is 0.153. The van der Waals surface area contributed by atoms with E-state index in [1.807, 2.05) is 43.4 Å². The smallest absolute Gasteiger partial charge is 0.222 e. The number of methoxy groups -OCH3 is 2. The quantitative estimate of drug-likeness (QED) is 0.127. The molecule has 0 spiro atoms. The number of ether oxygens (including phenoxy) is 2. The van der Waals surface area contributed by atoms with Crippen LogP contribution in [0.4, 0.5) is 0 Å². The minimum atomic E-state index is 0.153. The summed E-state index contributed by atoms with van der Waals surface area (Å²) in [6.07, 6.45) is 2.99. The second kappa shape index (κ2) is 13.5. The number of unbranched alkanes of at least 4 members (excludes halogenated alkanes) is 1. The van der Waals surface area contributed by atoms with Gasteiger partial charge in [-0.1, -0.05) is 66.4 Å². The second-order valence-electron chi connectivity index (χ2n) is 9.92. The molecule has 1 amide bonds. The highest BCUT2D eigenvalue weighted by Gasteiger charge is 2.15. The highest BCUT2D eigenvalue weighted by atomic mass is 32.2. The van der Waals surface area contributed by atoms with Crippen LogP contribution in [0.3, 0.4) is 0 Å². The number of amides is 1. The SMILES string of the molecule is COc1ccc(CCN(C)C(=O)CCCCSc2nnc3c4ccccc4n(Cc4ccccc4)c3n2)cc1OC. The van der Waals surface area contributed by atoms with Crippen molar-refractivity contribution in [1.29, 1.82) is 0 Å². The molecule has 0 N–H and O–H groups in total. The number of rotatable bonds is 13. The fourth-order valence-electron chi connectivity index (χ4n) is 4.87. The van der Waals surface area contributed by atoms with Gasteiger partial charge < -0.3 is 18.9 Å². The summed E-state index contributed by atoms with van der Waals surface area (Å²) in [5, 5.41) is 10.7. The van der Waals surface area contributed by atoms with Crippen molar-refractivity contribution < 1.29 is 14.3 Å². The molecule has 0 radical (unpaired) electrons. The Kier molecular flexibility index (Phi) is 9.36. The third kappa shape index (κ3) is 6.79. The lowest BCUT2D eigenvalue weighted by Gasteiger charge is -2.17. The van der Waals surface area contributed by atoms with Gasteiger partial charge in [-0.3, -0.25) is 4.79 Å². The number of hydrogen-bond donors (Lipinski definition) is 0. The maximum absolute atomic E-state index is 12.7. The van der Waals surface area contributed by atoms with Crippen LogP contribution in [-0.2, 0) is 17.8 Å². The lowest BCUT2D eigenvalue weighted by atomic mass is 10.1. The zero-order chi connectivity index (χ0) is 28.6. The van der Waals surface area contributed by atoms with Crippen molar-refractivity contribution in [3.05, 3.63) is 83.9 Å². The van der Waals surface area contributed by atoms with Gasteiger partial charge >= 0.3 is 0 Å². The van der Waals surface area contributed by atoms with Gasteiger partial charge in [0.15, 0.2) is 17.1 Å². The molecule has 9 heteroatoms. The number of thioether (sulfide) groups is 1. The Labute approximate surface area is 244 Å². The van der Waals surface area contributed by atoms with Crippen LogP contribution in [0.5, 0.6) is 11.5 Å². The van der Waals surface area contributed by atoms with Crippen molar-refractivity contribution >= 4 is 39.7 Å². The normalized spacial score (nSPS) is 11.2. The molecule has 3 aromatic carbocycles. The molecule has 41 heavy (non-hydrogen) atoms. The summed E-state index contributed by atoms with van der Waals surface area (Å²) in [6.45, 7) is 1.37. The molecule has 0 fully saturated rings. The van der Waals surface area contributed by atoms with Gasteiger partial charge in [-0.2, -0.15) is 0 Å². The van der Waals surface area contributed by atoms with Crippen LogP contribution in [-0.4, -0.2) is 64.1 Å². The van der Waals surface area contributed by atoms with E-state index < -0.39 is 0 Å². The zero-order valence-electron chi connectivity index (χ0n) is 23.7. The summed E-state index contributed by atoms with van der Waals surface area (Å²) < 4.78 is 12.9. The van der Waals surface area contributed by atoms with Gasteiger partial charge in [0.05, 0.1) is 19.7 Å². The molecule has 0 atom stereocenters. The van der Waals surface area contributed by atoms with Crippen LogP contribution in [0.2, 0.25) is 0 Å². The van der Waals surface area contributed by atoms with E-state index in [4.69, 9.17) is 14.5 Å². The van der Waals surface area contributed by atoms with E-state index >= 15 is 0 Å². The zero-order valence-corrected chi connectivity index (χ0v) is 24.6. The summed E-state index contributed by atoms with van der Waals surface area (Å²) >= 11 is 1.59. The molecule has 5 aromatic rings. The first kappa shape index (κ1) is 28.4. The monoisotopic (exact) mass is 569 g/mol. The Hall–Kier alpha value is -4.11. The van der Waals surface area contributed by atoms with E-state index in [1.165, 1.54) is 5.56 Å². The lowest BCUT2D eigenvalue weighted by molar-refractivity contribution is -0.129. The molecule has 212 valence electrons. The van der Waals surface area contributed by atoms with Crippen LogP contribution < -0.4 is 9.47 Å². The number of benzene rings is 3. The molecule has 2 heterocycles. The maximum Gasteiger partial charge on any atom is 0.222 e. The Bertz CT molecular complexity index is 1620. The van der Waals surface area contributed by atoms with Crippen LogP contribution >= 0.6 is 11.8 Å². The van der Waals surface area contributed by atoms with E-state index in [0.717, 1.165) is 59.2 Å². The maximum atomic E-state index is 12.7. The molecule has 0 aliphatic heterocycles. The first-order valence-corrected chi connectivity index (χ1v) is 14.8. The third-order valence-electron chi connectivity index (χ3n) is 7.16. The van der Waals surface area contributed by atoms with Gasteiger partial charge in [-0.25, -0.2) is 4.98 Å². The Morgan fingerprint density at radius 2 is 1.68 bits per heavy atom. The van der Waals surface area contributed by atoms with Crippen LogP contribution in [0, 0.1) is 0 Å². The standard InChI is InChI=1S/C32H35N5O3S/c1-36(19-18-23-16-17-27(39-2)28(21-23)40-3)29(38)15-9-10-20-41-32-33-31-30(34-35-32)25-13-7-8-14-26(25)37(31)22-24-11-5-4-6-12-24/h4-8,11-14,16-17,21H,9-10,15,18-20,22H2,1-3H3. The number of nitrogens with zero attached hydrogens (tertiary/aromatic N) is 5. The number of hydrogen-bond acceptors (Lipinski definition) is 7. The molecule has 0 unspecified atom stereocenters. The second-order valence-corrected chi connectivity index (χ2v) is 11.0. The molecular weight excluding hydrogens is 534 g/mol. The number of likely N-dealkylation sites (N-methyl/N-ethyl adjacent to an activating group) is 1. The number of aromatic nitrogens is 4. The molecule has 0 aliphatic rings. The van der Waals surface area contributed by atoms with E-state index in [9.17, 15) is 4.79 Å². The van der Waals surface area contributed by atoms with Gasteiger partial charge in [-0.15, -0.1) is 10.2 Å². The Balaban J connectivity index is 1.13. The summed E-state index contributed by atoms with van der Waals surface area (Å²) in [7, 11) is 5.11. The first-order valence-electron chi connectivity index (χ1n) is 13.8. The third-order valence-corrected chi connectivity index (χ3v) is 8.09. The number of carbonyl (C=O) groups excluding carboxylic acids is 1. The molecule has 8 nitrogen and oxygen atoms in total. The Morgan fingerprint density at radius 3 is 2.49 bits per heavy atom. The summed E-state index contributed by atoms with van der Waals surface area (Å²) in [5.41, 5.74) is 5.08. The Morgan fingerprint density at radius 1 is 0.902 bits per heavy atom. The molecule has 0 saturated heterocycles. The first-order chi connectivity index (χ1) is 20.1. The topological polar surface area (TPSA) is 82.4 Å². The molecule has 5 rings (SSSR count). The average molecular weight is 570 g/mol. The van der Waals surface area contributed by atoms with Gasteiger partial charge in [-0.05, 0) is 48.6 Å². The van der Waals surface area contributed by atoms with Gasteiger partial charge in [0, 0.05) is 37.7 Å². The van der Waals surface area contributed by atoms with E-state index in [0.29, 0.717) is 29.6 Å². The fraction of sp³-hybridized carbons (Fsp3) is 0.312. The largest absolute Gasteiger partial charge is 0.493 e. The van der Waals surface area contributed by atoms with Crippen molar-refractivity contribution in [2.24, 2.45) is 0 Å². The van der Waals surface area contributed by atoms with Crippen molar-refractivity contribution in [3.63, 3.8) is 0 Å². The molecule has 0 aliphatic carbocycles. The summed E-state index contributed by atoms with van der Waals surface area (Å²) in [5.74, 6) is 2.39. The minimum Gasteiger partial charge on any atom is -0.493 e. The summed E-state index contributed by atoms with van der Waals surface area (Å²) in [6, 6.07) is 24.5. The highest BCUT2D eigenvalue weighted by Crippen LogP contribution is 2.29. The highest BCUT2D eigenvalue weighted by molar-refractivity contribution is 7.99. The van der Waals surface area contributed by atoms with Crippen LogP contribution in [0.1, 0.15) is 30.4 Å². The van der Waals surface area contributed by atoms with Crippen molar-refractivity contribution in [1.82, 2.24) is 24.6 Å². The number of para-hydroxylation sites is 1. The molecular formula is C32H35N5O3S.